The van der Waals surface area contributed by atoms with Gasteiger partial charge in [0.2, 0.25) is 11.8 Å². The number of likely N-dealkylation sites (tertiary alicyclic amines) is 2. The monoisotopic (exact) mass is 1110 g/mol. The van der Waals surface area contributed by atoms with Crippen molar-refractivity contribution in [2.75, 3.05) is 62.4 Å². The molecule has 2 aliphatic heterocycles. The molecule has 12 rings (SSSR count). The highest BCUT2D eigenvalue weighted by Gasteiger charge is 2.36. The Bertz CT molecular complexity index is 3930. The standard InChI is InChI=1S/C30H35N9O2.C28H30ClN9O2/c1-5-18-6-11-23-22(16-18)36-29(41-23)35-20-9-7-19(8-10-20)25-24-26(31)33-17-34-27(24)39(37-25)21-12-14-38(15-13-21)28(40)30(2,3)32-4;1-28(2,31-3)26(39)37-12-10-19(11-13-37)38-25-22(24(30)32-15-33-25)23(36-38)16-4-7-18(8-5-16)34-27-35-20-14-17(29)6-9-21(20)40-27/h6-11,16-17,21,32H,5,12-15H2,1-4H3,(H,35,36)(H2,31,33,34);4-9,14-15,19,31H,10-13H2,1-3H3,(H,34,35)(H2,30,32,33). The van der Waals surface area contributed by atoms with Gasteiger partial charge in [-0.2, -0.15) is 20.2 Å². The smallest absolute Gasteiger partial charge is 0.300 e. The highest BCUT2D eigenvalue weighted by atomic mass is 35.5. The van der Waals surface area contributed by atoms with Crippen molar-refractivity contribution in [2.24, 2.45) is 0 Å². The minimum absolute atomic E-state index is 0.0842. The molecular formula is C58H65ClN18O4. The molecule has 8 heterocycles. The zero-order valence-corrected chi connectivity index (χ0v) is 47.0. The number of nitrogens with one attached hydrogen (secondary N) is 4. The number of nitrogen functional groups attached to an aromatic ring is 2. The minimum Gasteiger partial charge on any atom is -0.423 e. The van der Waals surface area contributed by atoms with Crippen molar-refractivity contribution in [2.45, 2.75) is 89.9 Å². The fraction of sp³-hybridized carbons (Fsp3) is 0.345. The predicted molar refractivity (Wildman–Crippen MR) is 315 cm³/mol. The van der Waals surface area contributed by atoms with Crippen LogP contribution in [-0.4, -0.2) is 122 Å². The number of halogens is 1. The van der Waals surface area contributed by atoms with Crippen molar-refractivity contribution in [1.29, 1.82) is 0 Å². The molecule has 418 valence electrons. The second-order valence-corrected chi connectivity index (χ2v) is 21.9. The molecule has 6 aromatic heterocycles. The molecule has 2 amide bonds. The molecule has 22 nitrogen and oxygen atoms in total. The number of aryl methyl sites for hydroxylation is 1. The number of oxazole rings is 2. The van der Waals surface area contributed by atoms with Gasteiger partial charge >= 0.3 is 0 Å². The number of aromatic nitrogens is 10. The Labute approximate surface area is 472 Å². The number of carbonyl (C=O) groups excluding carboxylic acids is 2. The van der Waals surface area contributed by atoms with Crippen molar-refractivity contribution < 1.29 is 18.4 Å². The van der Waals surface area contributed by atoms with E-state index >= 15 is 0 Å². The van der Waals surface area contributed by atoms with Gasteiger partial charge in [0.15, 0.2) is 22.5 Å². The van der Waals surface area contributed by atoms with Crippen molar-refractivity contribution in [3.05, 3.63) is 108 Å². The van der Waals surface area contributed by atoms with Gasteiger partial charge in [0.05, 0.1) is 33.9 Å². The second kappa shape index (κ2) is 22.1. The fourth-order valence-corrected chi connectivity index (χ4v) is 10.6. The van der Waals surface area contributed by atoms with Gasteiger partial charge < -0.3 is 51.4 Å². The van der Waals surface area contributed by atoms with Gasteiger partial charge in [-0.25, -0.2) is 29.3 Å². The number of likely N-dealkylation sites (N-methyl/N-ethyl adjacent to an activating group) is 2. The molecular weight excluding hydrogens is 1050 g/mol. The topological polar surface area (TPSA) is 280 Å². The third kappa shape index (κ3) is 10.9. The minimum atomic E-state index is -0.602. The molecule has 0 unspecified atom stereocenters. The second-order valence-electron chi connectivity index (χ2n) is 21.5. The average Bonchev–Trinajstić information content (AvgIpc) is 4.48. The first-order valence-electron chi connectivity index (χ1n) is 27.1. The Morgan fingerprint density at radius 2 is 1.02 bits per heavy atom. The number of benzene rings is 4. The molecule has 23 heteroatoms. The number of nitrogens with zero attached hydrogens (tertiary/aromatic N) is 12. The fourth-order valence-electron chi connectivity index (χ4n) is 10.4. The number of fused-ring (bicyclic) bond motifs is 4. The van der Waals surface area contributed by atoms with Crippen molar-refractivity contribution >= 4 is 103 Å². The van der Waals surface area contributed by atoms with E-state index in [1.54, 1.807) is 25.2 Å². The van der Waals surface area contributed by atoms with Gasteiger partial charge in [-0.05, 0) is 134 Å². The lowest BCUT2D eigenvalue weighted by atomic mass is 9.99. The molecule has 0 atom stereocenters. The lowest BCUT2D eigenvalue weighted by molar-refractivity contribution is -0.138. The van der Waals surface area contributed by atoms with Crippen LogP contribution in [0.25, 0.3) is 66.8 Å². The van der Waals surface area contributed by atoms with Crippen molar-refractivity contribution in [1.82, 2.24) is 69.9 Å². The number of hydrogen-bond acceptors (Lipinski definition) is 18. The Kier molecular flexibility index (Phi) is 14.8. The van der Waals surface area contributed by atoms with E-state index in [4.69, 9.17) is 42.1 Å². The Morgan fingerprint density at radius 3 is 1.44 bits per heavy atom. The maximum Gasteiger partial charge on any atom is 0.300 e. The summed E-state index contributed by atoms with van der Waals surface area (Å²) in [6.45, 7) is 12.3. The lowest BCUT2D eigenvalue weighted by Gasteiger charge is -2.37. The Balaban J connectivity index is 0.000000170. The first-order chi connectivity index (χ1) is 39.0. The van der Waals surface area contributed by atoms with E-state index < -0.39 is 11.1 Å². The zero-order valence-electron chi connectivity index (χ0n) is 46.3. The molecule has 2 fully saturated rings. The summed E-state index contributed by atoms with van der Waals surface area (Å²) < 4.78 is 15.6. The molecule has 0 spiro atoms. The van der Waals surface area contributed by atoms with Crippen LogP contribution in [0.4, 0.5) is 35.0 Å². The summed E-state index contributed by atoms with van der Waals surface area (Å²) in [6.07, 6.45) is 6.98. The Morgan fingerprint density at radius 1 is 0.605 bits per heavy atom. The molecule has 2 saturated heterocycles. The van der Waals surface area contributed by atoms with Crippen molar-refractivity contribution in [3.8, 4) is 22.5 Å². The van der Waals surface area contributed by atoms with E-state index in [1.165, 1.54) is 18.2 Å². The average molecular weight is 1110 g/mol. The zero-order chi connectivity index (χ0) is 56.7. The lowest BCUT2D eigenvalue weighted by Crippen LogP contribution is -2.54. The van der Waals surface area contributed by atoms with E-state index in [0.717, 1.165) is 76.8 Å². The molecule has 0 aliphatic carbocycles. The van der Waals surface area contributed by atoms with Crippen LogP contribution >= 0.6 is 11.6 Å². The van der Waals surface area contributed by atoms with Gasteiger partial charge in [-0.1, -0.05) is 48.9 Å². The van der Waals surface area contributed by atoms with E-state index in [0.29, 0.717) is 88.3 Å². The summed E-state index contributed by atoms with van der Waals surface area (Å²) >= 11 is 6.06. The molecule has 2 aliphatic rings. The summed E-state index contributed by atoms with van der Waals surface area (Å²) in [7, 11) is 3.62. The molecule has 0 saturated carbocycles. The van der Waals surface area contributed by atoms with Crippen LogP contribution in [0.3, 0.4) is 0 Å². The summed E-state index contributed by atoms with van der Waals surface area (Å²) in [5, 5.41) is 24.7. The van der Waals surface area contributed by atoms with E-state index in [9.17, 15) is 9.59 Å². The number of nitrogens with two attached hydrogens (primary N) is 2. The van der Waals surface area contributed by atoms with Crippen molar-refractivity contribution in [3.63, 3.8) is 0 Å². The predicted octanol–water partition coefficient (Wildman–Crippen LogP) is 9.46. The van der Waals surface area contributed by atoms with E-state index in [2.05, 4.69) is 64.2 Å². The van der Waals surface area contributed by atoms with Crippen LogP contribution in [0.2, 0.25) is 5.02 Å². The summed E-state index contributed by atoms with van der Waals surface area (Å²) in [6, 6.07) is 28.0. The number of anilines is 6. The SMILES string of the molecule is CCc1ccc2oc(Nc3ccc(-c4nn(C5CCN(C(=O)C(C)(C)NC)CC5)c5ncnc(N)c45)cc3)nc2c1.CNC(C)(C)C(=O)N1CCC(n2nc(-c3ccc(Nc4nc5cc(Cl)ccc5o4)cc3)c3c(N)ncnc32)CC1. The van der Waals surface area contributed by atoms with Gasteiger partial charge in [-0.15, -0.1) is 0 Å². The maximum absolute atomic E-state index is 12.9. The van der Waals surface area contributed by atoms with Crippen LogP contribution < -0.4 is 32.7 Å². The molecule has 81 heavy (non-hydrogen) atoms. The van der Waals surface area contributed by atoms with Crippen LogP contribution in [0, 0.1) is 0 Å². The molecule has 0 bridgehead atoms. The number of rotatable bonds is 13. The quantitative estimate of drug-likeness (QED) is 0.0627. The first kappa shape index (κ1) is 54.2. The van der Waals surface area contributed by atoms with E-state index in [1.807, 2.05) is 115 Å². The summed E-state index contributed by atoms with van der Waals surface area (Å²) in [5.74, 6) is 0.969. The molecule has 4 aromatic carbocycles. The number of amides is 2. The number of piperidine rings is 2. The maximum atomic E-state index is 12.9. The normalized spacial score (nSPS) is 14.7. The van der Waals surface area contributed by atoms with Gasteiger partial charge in [0.1, 0.15) is 46.7 Å². The summed E-state index contributed by atoms with van der Waals surface area (Å²) in [4.78, 5) is 56.3. The Hall–Kier alpha value is -8.73. The molecule has 10 aromatic rings. The molecule has 0 radical (unpaired) electrons. The number of hydrogen-bond donors (Lipinski definition) is 6. The highest BCUT2D eigenvalue weighted by Crippen LogP contribution is 2.38. The van der Waals surface area contributed by atoms with Crippen LogP contribution in [0.5, 0.6) is 0 Å². The van der Waals surface area contributed by atoms with Crippen LogP contribution in [0.1, 0.15) is 77.9 Å². The van der Waals surface area contributed by atoms with Crippen LogP contribution in [-0.2, 0) is 16.0 Å². The van der Waals surface area contributed by atoms with E-state index in [-0.39, 0.29) is 23.9 Å². The van der Waals surface area contributed by atoms with Crippen LogP contribution in [0.15, 0.2) is 106 Å². The van der Waals surface area contributed by atoms with Gasteiger partial charge in [-0.3, -0.25) is 9.59 Å². The van der Waals surface area contributed by atoms with Gasteiger partial charge in [0, 0.05) is 53.7 Å². The largest absolute Gasteiger partial charge is 0.423 e. The third-order valence-corrected chi connectivity index (χ3v) is 15.8. The molecule has 8 N–H and O–H groups in total. The first-order valence-corrected chi connectivity index (χ1v) is 27.5. The third-order valence-electron chi connectivity index (χ3n) is 15.6. The highest BCUT2D eigenvalue weighted by molar-refractivity contribution is 6.31. The number of carbonyl (C=O) groups is 2. The van der Waals surface area contributed by atoms with Gasteiger partial charge in [0.25, 0.3) is 12.0 Å². The summed E-state index contributed by atoms with van der Waals surface area (Å²) in [5.41, 5.74) is 21.9.